The molecule has 1 heterocycles. The maximum Gasteiger partial charge on any atom is 0.168 e. The molecular formula is C19H16FNO2. The average Bonchev–Trinajstić information content (AvgIpc) is 3.35. The maximum atomic E-state index is 13.7. The number of rotatable bonds is 4. The third-order valence-electron chi connectivity index (χ3n) is 4.31. The first kappa shape index (κ1) is 14.0. The molecule has 116 valence electrons. The van der Waals surface area contributed by atoms with Crippen LogP contribution in [0, 0.1) is 11.7 Å². The van der Waals surface area contributed by atoms with Crippen LogP contribution in [-0.4, -0.2) is 17.9 Å². The number of fused-ring (bicyclic) bond motifs is 1. The number of nitrogens with one attached hydrogen (secondary N) is 1. The minimum absolute atomic E-state index is 0.0709. The molecule has 4 rings (SSSR count). The molecule has 0 atom stereocenters. The van der Waals surface area contributed by atoms with Gasteiger partial charge in [-0.1, -0.05) is 12.1 Å². The van der Waals surface area contributed by atoms with Crippen molar-refractivity contribution in [3.05, 3.63) is 53.8 Å². The van der Waals surface area contributed by atoms with E-state index >= 15 is 0 Å². The molecule has 0 saturated heterocycles. The second-order valence-corrected chi connectivity index (χ2v) is 5.94. The van der Waals surface area contributed by atoms with Gasteiger partial charge in [0, 0.05) is 22.4 Å². The van der Waals surface area contributed by atoms with Crippen LogP contribution in [0.25, 0.3) is 22.2 Å². The van der Waals surface area contributed by atoms with Gasteiger partial charge >= 0.3 is 0 Å². The number of carbonyl (C=O) groups is 1. The lowest BCUT2D eigenvalue weighted by Crippen LogP contribution is -2.02. The molecule has 1 aromatic heterocycles. The van der Waals surface area contributed by atoms with E-state index in [0.717, 1.165) is 35.4 Å². The van der Waals surface area contributed by atoms with Gasteiger partial charge in [-0.25, -0.2) is 4.39 Å². The molecule has 1 aliphatic rings. The first-order valence-electron chi connectivity index (χ1n) is 7.67. The molecule has 0 radical (unpaired) electrons. The van der Waals surface area contributed by atoms with Crippen molar-refractivity contribution in [2.45, 2.75) is 12.8 Å². The molecule has 23 heavy (non-hydrogen) atoms. The van der Waals surface area contributed by atoms with Gasteiger partial charge in [-0.05, 0) is 43.2 Å². The normalized spacial score (nSPS) is 14.2. The van der Waals surface area contributed by atoms with E-state index in [4.69, 9.17) is 4.74 Å². The Morgan fingerprint density at radius 1 is 1.22 bits per heavy atom. The Morgan fingerprint density at radius 3 is 2.78 bits per heavy atom. The van der Waals surface area contributed by atoms with Gasteiger partial charge in [0.2, 0.25) is 0 Å². The van der Waals surface area contributed by atoms with Crippen LogP contribution in [-0.2, 0) is 0 Å². The van der Waals surface area contributed by atoms with Crippen LogP contribution in [0.2, 0.25) is 0 Å². The number of carbonyl (C=O) groups excluding carboxylic acids is 1. The number of hydrogen-bond acceptors (Lipinski definition) is 2. The van der Waals surface area contributed by atoms with Crippen molar-refractivity contribution in [2.24, 2.45) is 5.92 Å². The molecule has 0 amide bonds. The van der Waals surface area contributed by atoms with Crippen LogP contribution in [0.1, 0.15) is 23.2 Å². The average molecular weight is 309 g/mol. The highest BCUT2D eigenvalue weighted by Crippen LogP contribution is 2.39. The summed E-state index contributed by atoms with van der Waals surface area (Å²) < 4.78 is 19.0. The van der Waals surface area contributed by atoms with Gasteiger partial charge in [-0.3, -0.25) is 4.79 Å². The largest absolute Gasteiger partial charge is 0.497 e. The van der Waals surface area contributed by atoms with Gasteiger partial charge in [-0.2, -0.15) is 0 Å². The van der Waals surface area contributed by atoms with E-state index in [1.54, 1.807) is 13.2 Å². The number of Topliss-reactive ketones (excluding diaryl/α,β-unsaturated/α-hetero) is 1. The summed E-state index contributed by atoms with van der Waals surface area (Å²) in [5.41, 5.74) is 2.97. The number of halogens is 1. The van der Waals surface area contributed by atoms with Gasteiger partial charge in [0.15, 0.2) is 5.78 Å². The summed E-state index contributed by atoms with van der Waals surface area (Å²) in [7, 11) is 1.61. The van der Waals surface area contributed by atoms with Crippen molar-refractivity contribution >= 4 is 16.7 Å². The quantitative estimate of drug-likeness (QED) is 0.717. The maximum absolute atomic E-state index is 13.7. The Hall–Kier alpha value is -2.62. The number of aromatic nitrogens is 1. The topological polar surface area (TPSA) is 42.1 Å². The zero-order valence-corrected chi connectivity index (χ0v) is 12.7. The number of ether oxygens (including phenoxy) is 1. The lowest BCUT2D eigenvalue weighted by molar-refractivity contribution is 0.0970. The summed E-state index contributed by atoms with van der Waals surface area (Å²) in [5.74, 6) is 0.553. The van der Waals surface area contributed by atoms with E-state index in [1.807, 2.05) is 24.3 Å². The fraction of sp³-hybridized carbons (Fsp3) is 0.211. The van der Waals surface area contributed by atoms with Crippen molar-refractivity contribution in [1.29, 1.82) is 0 Å². The van der Waals surface area contributed by atoms with Crippen LogP contribution in [0.5, 0.6) is 5.75 Å². The summed E-state index contributed by atoms with van der Waals surface area (Å²) >= 11 is 0. The number of methoxy groups -OCH3 is 1. The van der Waals surface area contributed by atoms with Crippen molar-refractivity contribution in [2.75, 3.05) is 7.11 Å². The summed E-state index contributed by atoms with van der Waals surface area (Å²) in [6.07, 6.45) is 1.83. The molecule has 1 aliphatic carbocycles. The Morgan fingerprint density at radius 2 is 2.04 bits per heavy atom. The van der Waals surface area contributed by atoms with Crippen molar-refractivity contribution < 1.29 is 13.9 Å². The van der Waals surface area contributed by atoms with E-state index in [1.165, 1.54) is 12.1 Å². The van der Waals surface area contributed by atoms with E-state index < -0.39 is 0 Å². The predicted octanol–water partition coefficient (Wildman–Crippen LogP) is 4.58. The summed E-state index contributed by atoms with van der Waals surface area (Å²) in [5, 5.41) is 0.653. The molecular weight excluding hydrogens is 293 g/mol. The number of benzene rings is 2. The van der Waals surface area contributed by atoms with Gasteiger partial charge in [0.05, 0.1) is 18.4 Å². The molecule has 3 aromatic rings. The molecule has 1 saturated carbocycles. The smallest absolute Gasteiger partial charge is 0.168 e. The number of ketones is 1. The summed E-state index contributed by atoms with van der Waals surface area (Å²) in [4.78, 5) is 16.0. The van der Waals surface area contributed by atoms with Crippen LogP contribution in [0.3, 0.4) is 0 Å². The minimum atomic E-state index is -0.335. The Labute approximate surface area is 133 Å². The van der Waals surface area contributed by atoms with Gasteiger partial charge in [-0.15, -0.1) is 0 Å². The highest BCUT2D eigenvalue weighted by atomic mass is 19.1. The Bertz CT molecular complexity index is 909. The van der Waals surface area contributed by atoms with Crippen LogP contribution >= 0.6 is 0 Å². The molecule has 4 heteroatoms. The SMILES string of the molecule is COc1cccc(-c2[nH]c3ccc(F)cc3c2C(=O)C2CC2)c1. The second-order valence-electron chi connectivity index (χ2n) is 5.94. The van der Waals surface area contributed by atoms with E-state index in [0.29, 0.717) is 10.9 Å². The van der Waals surface area contributed by atoms with Gasteiger partial charge < -0.3 is 9.72 Å². The standard InChI is InChI=1S/C19H16FNO2/c1-23-14-4-2-3-12(9-14)18-17(19(22)11-5-6-11)15-10-13(20)7-8-16(15)21-18/h2-4,7-11,21H,5-6H2,1H3. The molecule has 2 aromatic carbocycles. The van der Waals surface area contributed by atoms with Gasteiger partial charge in [0.1, 0.15) is 11.6 Å². The summed E-state index contributed by atoms with van der Waals surface area (Å²) in [6.45, 7) is 0. The van der Waals surface area contributed by atoms with Crippen LogP contribution < -0.4 is 4.74 Å². The van der Waals surface area contributed by atoms with E-state index in [9.17, 15) is 9.18 Å². The highest BCUT2D eigenvalue weighted by Gasteiger charge is 2.34. The first-order valence-corrected chi connectivity index (χ1v) is 7.67. The van der Waals surface area contributed by atoms with E-state index in [-0.39, 0.29) is 17.5 Å². The van der Waals surface area contributed by atoms with Crippen LogP contribution in [0.15, 0.2) is 42.5 Å². The number of H-pyrrole nitrogens is 1. The molecule has 0 unspecified atom stereocenters. The molecule has 0 bridgehead atoms. The van der Waals surface area contributed by atoms with Crippen molar-refractivity contribution in [3.8, 4) is 17.0 Å². The lowest BCUT2D eigenvalue weighted by atomic mass is 9.99. The third-order valence-corrected chi connectivity index (χ3v) is 4.31. The molecule has 3 nitrogen and oxygen atoms in total. The molecule has 1 N–H and O–H groups in total. The van der Waals surface area contributed by atoms with Crippen molar-refractivity contribution in [3.63, 3.8) is 0 Å². The molecule has 1 fully saturated rings. The lowest BCUT2D eigenvalue weighted by Gasteiger charge is -2.06. The van der Waals surface area contributed by atoms with E-state index in [2.05, 4.69) is 4.98 Å². The minimum Gasteiger partial charge on any atom is -0.497 e. The zero-order chi connectivity index (χ0) is 16.0. The first-order chi connectivity index (χ1) is 11.2. The third kappa shape index (κ3) is 2.40. The van der Waals surface area contributed by atoms with Crippen LogP contribution in [0.4, 0.5) is 4.39 Å². The summed E-state index contributed by atoms with van der Waals surface area (Å²) in [6, 6.07) is 12.1. The monoisotopic (exact) mass is 309 g/mol. The predicted molar refractivity (Wildman–Crippen MR) is 87.3 cm³/mol. The fourth-order valence-electron chi connectivity index (χ4n) is 2.96. The van der Waals surface area contributed by atoms with Gasteiger partial charge in [0.25, 0.3) is 0 Å². The number of hydrogen-bond donors (Lipinski definition) is 1. The Kier molecular flexibility index (Phi) is 3.18. The van der Waals surface area contributed by atoms with Crippen molar-refractivity contribution in [1.82, 2.24) is 4.98 Å². The second kappa shape index (κ2) is 5.23. The fourth-order valence-corrected chi connectivity index (χ4v) is 2.96. The molecule has 0 aliphatic heterocycles. The number of aromatic amines is 1. The molecule has 0 spiro atoms. The highest BCUT2D eigenvalue weighted by molar-refractivity contribution is 6.14. The zero-order valence-electron chi connectivity index (χ0n) is 12.7. The Balaban J connectivity index is 1.97.